The Bertz CT molecular complexity index is 117. The van der Waals surface area contributed by atoms with Crippen molar-refractivity contribution < 1.29 is 23.5 Å². The first kappa shape index (κ1) is 8.99. The second kappa shape index (κ2) is 3.23. The van der Waals surface area contributed by atoms with Crippen molar-refractivity contribution in [1.29, 1.82) is 0 Å². The van der Waals surface area contributed by atoms with E-state index in [9.17, 15) is 4.21 Å². The van der Waals surface area contributed by atoms with E-state index in [0.717, 1.165) is 0 Å². The van der Waals surface area contributed by atoms with Gasteiger partial charge in [0.15, 0.2) is 5.44 Å². The van der Waals surface area contributed by atoms with E-state index in [4.69, 9.17) is 19.3 Å². The molecule has 0 fully saturated rings. The SMILES string of the molecule is O=[SH](O)(O)C(O)CCO. The zero-order chi connectivity index (χ0) is 7.49. The maximum Gasteiger partial charge on any atom is 0.151 e. The molecule has 0 aliphatic carbocycles. The van der Waals surface area contributed by atoms with Crippen molar-refractivity contribution in [3.63, 3.8) is 0 Å². The Labute approximate surface area is 53.4 Å². The Morgan fingerprint density at radius 3 is 2.00 bits per heavy atom. The number of aliphatic hydroxyl groups excluding tert-OH is 2. The summed E-state index contributed by atoms with van der Waals surface area (Å²) < 4.78 is 26.4. The monoisotopic (exact) mass is 158 g/mol. The van der Waals surface area contributed by atoms with E-state index in [1.54, 1.807) is 0 Å². The lowest BCUT2D eigenvalue weighted by atomic mass is 10.5. The summed E-state index contributed by atoms with van der Waals surface area (Å²) in [6.45, 7) is -0.424. The molecular weight excluding hydrogens is 148 g/mol. The molecule has 0 saturated carbocycles. The lowest BCUT2D eigenvalue weighted by molar-refractivity contribution is 0.172. The summed E-state index contributed by atoms with van der Waals surface area (Å²) in [4.78, 5) is 0. The summed E-state index contributed by atoms with van der Waals surface area (Å²) in [6, 6.07) is 0. The molecule has 0 aromatic heterocycles. The summed E-state index contributed by atoms with van der Waals surface area (Å²) in [5.74, 6) is 0. The van der Waals surface area contributed by atoms with Gasteiger partial charge < -0.3 is 19.3 Å². The van der Waals surface area contributed by atoms with Gasteiger partial charge in [-0.15, -0.1) is 0 Å². The third-order valence-corrected chi connectivity index (χ3v) is 1.81. The number of hydrogen-bond acceptors (Lipinski definition) is 3. The Morgan fingerprint density at radius 2 is 1.89 bits per heavy atom. The third-order valence-electron chi connectivity index (χ3n) is 0.776. The first-order valence-corrected chi connectivity index (χ1v) is 4.00. The van der Waals surface area contributed by atoms with E-state index in [1.165, 1.54) is 0 Å². The molecule has 0 radical (unpaired) electrons. The van der Waals surface area contributed by atoms with Crippen molar-refractivity contribution in [2.75, 3.05) is 6.61 Å². The molecular formula is C3H10O5S. The molecule has 0 aromatic rings. The Kier molecular flexibility index (Phi) is 3.23. The summed E-state index contributed by atoms with van der Waals surface area (Å²) in [7, 11) is -4.38. The fourth-order valence-electron chi connectivity index (χ4n) is 0.284. The predicted octanol–water partition coefficient (Wildman–Crippen LogP) is -1.35. The first-order valence-electron chi connectivity index (χ1n) is 2.32. The van der Waals surface area contributed by atoms with Crippen LogP contribution in [0.1, 0.15) is 6.42 Å². The molecule has 0 bridgehead atoms. The predicted molar refractivity (Wildman–Crippen MR) is 32.5 cm³/mol. The quantitative estimate of drug-likeness (QED) is 0.327. The van der Waals surface area contributed by atoms with Crippen molar-refractivity contribution in [1.82, 2.24) is 0 Å². The molecule has 0 amide bonds. The smallest absolute Gasteiger partial charge is 0.151 e. The summed E-state index contributed by atoms with van der Waals surface area (Å²) >= 11 is 0. The van der Waals surface area contributed by atoms with Crippen LogP contribution in [0.5, 0.6) is 0 Å². The molecule has 5 nitrogen and oxygen atoms in total. The van der Waals surface area contributed by atoms with E-state index >= 15 is 0 Å². The molecule has 9 heavy (non-hydrogen) atoms. The van der Waals surface area contributed by atoms with Gasteiger partial charge in [-0.2, -0.15) is 0 Å². The van der Waals surface area contributed by atoms with Gasteiger partial charge in [-0.25, -0.2) is 4.21 Å². The molecule has 0 saturated heterocycles. The fourth-order valence-corrected chi connectivity index (χ4v) is 0.735. The van der Waals surface area contributed by atoms with Crippen LogP contribution in [0.2, 0.25) is 0 Å². The van der Waals surface area contributed by atoms with Gasteiger partial charge in [-0.3, -0.25) is 0 Å². The molecule has 1 atom stereocenters. The van der Waals surface area contributed by atoms with Crippen LogP contribution >= 0.6 is 0 Å². The Morgan fingerprint density at radius 1 is 1.44 bits per heavy atom. The third kappa shape index (κ3) is 3.55. The molecule has 1 unspecified atom stereocenters. The van der Waals surface area contributed by atoms with E-state index in [-0.39, 0.29) is 6.42 Å². The first-order chi connectivity index (χ1) is 3.98. The maximum atomic E-state index is 10.1. The van der Waals surface area contributed by atoms with Gasteiger partial charge in [0.1, 0.15) is 0 Å². The van der Waals surface area contributed by atoms with Gasteiger partial charge in [0.05, 0.1) is 10.5 Å². The average molecular weight is 158 g/mol. The second-order valence-corrected chi connectivity index (χ2v) is 3.36. The zero-order valence-corrected chi connectivity index (χ0v) is 5.53. The van der Waals surface area contributed by atoms with Crippen molar-refractivity contribution in [2.45, 2.75) is 11.9 Å². The highest BCUT2D eigenvalue weighted by Crippen LogP contribution is 2.03. The van der Waals surface area contributed by atoms with Crippen molar-refractivity contribution in [3.8, 4) is 0 Å². The van der Waals surface area contributed by atoms with Gasteiger partial charge in [0, 0.05) is 13.0 Å². The van der Waals surface area contributed by atoms with Crippen LogP contribution in [-0.4, -0.2) is 35.6 Å². The van der Waals surface area contributed by atoms with Gasteiger partial charge in [-0.05, 0) is 0 Å². The molecule has 6 heteroatoms. The molecule has 0 spiro atoms. The largest absolute Gasteiger partial charge is 0.396 e. The molecule has 58 valence electrons. The fraction of sp³-hybridized carbons (Fsp3) is 1.00. The van der Waals surface area contributed by atoms with E-state index in [0.29, 0.717) is 0 Å². The van der Waals surface area contributed by atoms with Crippen LogP contribution in [0.15, 0.2) is 0 Å². The average Bonchev–Trinajstić information content (AvgIpc) is 1.64. The Balaban J connectivity index is 3.74. The van der Waals surface area contributed by atoms with Crippen LogP contribution in [0.25, 0.3) is 0 Å². The zero-order valence-electron chi connectivity index (χ0n) is 4.64. The molecule has 4 N–H and O–H groups in total. The molecule has 0 aliphatic heterocycles. The number of hydrogen-bond donors (Lipinski definition) is 5. The summed E-state index contributed by atoms with van der Waals surface area (Å²) in [5, 5.41) is 16.6. The van der Waals surface area contributed by atoms with Crippen LogP contribution in [0.3, 0.4) is 0 Å². The normalized spacial score (nSPS) is 17.3. The van der Waals surface area contributed by atoms with Crippen LogP contribution in [0, 0.1) is 0 Å². The van der Waals surface area contributed by atoms with Crippen molar-refractivity contribution >= 4 is 10.5 Å². The maximum absolute atomic E-state index is 10.1. The van der Waals surface area contributed by atoms with Crippen LogP contribution in [-0.2, 0) is 10.5 Å². The highest BCUT2D eigenvalue weighted by Gasteiger charge is 2.16. The van der Waals surface area contributed by atoms with Crippen LogP contribution in [0.4, 0.5) is 0 Å². The van der Waals surface area contributed by atoms with E-state index in [2.05, 4.69) is 0 Å². The molecule has 0 rings (SSSR count). The summed E-state index contributed by atoms with van der Waals surface area (Å²) in [5.41, 5.74) is -1.72. The minimum atomic E-state index is -4.38. The van der Waals surface area contributed by atoms with Gasteiger partial charge in [0.2, 0.25) is 0 Å². The lowest BCUT2D eigenvalue weighted by Crippen LogP contribution is -2.27. The van der Waals surface area contributed by atoms with Crippen molar-refractivity contribution in [3.05, 3.63) is 0 Å². The summed E-state index contributed by atoms with van der Waals surface area (Å²) in [6.07, 6.45) is -0.287. The van der Waals surface area contributed by atoms with E-state index < -0.39 is 22.5 Å². The van der Waals surface area contributed by atoms with Gasteiger partial charge in [0.25, 0.3) is 0 Å². The Hall–Kier alpha value is -0.0100. The minimum Gasteiger partial charge on any atom is -0.396 e. The number of aliphatic hydroxyl groups is 2. The lowest BCUT2D eigenvalue weighted by Gasteiger charge is -2.15. The van der Waals surface area contributed by atoms with Crippen molar-refractivity contribution in [2.24, 2.45) is 0 Å². The number of rotatable bonds is 3. The highest BCUT2D eigenvalue weighted by atomic mass is 32.3. The van der Waals surface area contributed by atoms with Gasteiger partial charge in [-0.1, -0.05) is 0 Å². The minimum absolute atomic E-state index is 0.287. The number of thiol groups is 1. The van der Waals surface area contributed by atoms with Crippen LogP contribution < -0.4 is 0 Å². The molecule has 0 aliphatic rings. The highest BCUT2D eigenvalue weighted by molar-refractivity contribution is 7.92. The van der Waals surface area contributed by atoms with Gasteiger partial charge >= 0.3 is 0 Å². The second-order valence-electron chi connectivity index (χ2n) is 1.58. The van der Waals surface area contributed by atoms with E-state index in [1.807, 2.05) is 0 Å². The molecule has 0 heterocycles. The topological polar surface area (TPSA) is 98.0 Å². The standard InChI is InChI=1S/C3H10O5S/c4-2-1-3(5)9(6,7)8/h3-5,9H,1-2H2,(H2,6,7,8). The molecule has 0 aromatic carbocycles.